The fourth-order valence-electron chi connectivity index (χ4n) is 1.11. The number of rotatable bonds is 2. The fraction of sp³-hybridized carbons (Fsp3) is 0.667. The molecule has 0 radical (unpaired) electrons. The van der Waals surface area contributed by atoms with Crippen LogP contribution < -0.4 is 10.1 Å². The molecule has 2 heterocycles. The van der Waals surface area contributed by atoms with E-state index < -0.39 is 0 Å². The van der Waals surface area contributed by atoms with Gasteiger partial charge in [-0.15, -0.1) is 0 Å². The lowest BCUT2D eigenvalue weighted by Crippen LogP contribution is -2.19. The van der Waals surface area contributed by atoms with E-state index in [9.17, 15) is 0 Å². The number of nitrogens with zero attached hydrogens (tertiary/aromatic N) is 2. The summed E-state index contributed by atoms with van der Waals surface area (Å²) < 4.78 is 9.20. The number of nitrogens with one attached hydrogen (secondary N) is 1. The Bertz CT molecular complexity index is 208. The first kappa shape index (κ1) is 7.00. The summed E-state index contributed by atoms with van der Waals surface area (Å²) in [6.07, 6.45) is 1.36. The summed E-state index contributed by atoms with van der Waals surface area (Å²) in [5.41, 5.74) is 0. The normalized spacial score (nSPS) is 23.8. The maximum atomic E-state index is 5.49. The van der Waals surface area contributed by atoms with Crippen molar-refractivity contribution in [3.05, 3.63) is 5.38 Å². The minimum atomic E-state index is 0.291. The van der Waals surface area contributed by atoms with Crippen LogP contribution in [0.2, 0.25) is 0 Å². The Kier molecular flexibility index (Phi) is 2.00. The molecular formula is C6H9N3OS. The van der Waals surface area contributed by atoms with E-state index in [0.717, 1.165) is 19.5 Å². The molecule has 1 saturated heterocycles. The molecule has 1 aromatic heterocycles. The van der Waals surface area contributed by atoms with Gasteiger partial charge in [0, 0.05) is 6.54 Å². The van der Waals surface area contributed by atoms with Gasteiger partial charge >= 0.3 is 0 Å². The Labute approximate surface area is 68.7 Å². The van der Waals surface area contributed by atoms with Crippen LogP contribution in [0.3, 0.4) is 0 Å². The van der Waals surface area contributed by atoms with Crippen LogP contribution in [0.5, 0.6) is 5.88 Å². The van der Waals surface area contributed by atoms with Crippen molar-refractivity contribution < 1.29 is 4.74 Å². The molecule has 11 heavy (non-hydrogen) atoms. The largest absolute Gasteiger partial charge is 0.471 e. The van der Waals surface area contributed by atoms with E-state index in [0.29, 0.717) is 12.0 Å². The molecule has 1 aliphatic rings. The van der Waals surface area contributed by atoms with Crippen LogP contribution in [-0.4, -0.2) is 28.8 Å². The van der Waals surface area contributed by atoms with Crippen molar-refractivity contribution in [1.29, 1.82) is 0 Å². The van der Waals surface area contributed by atoms with Gasteiger partial charge in [-0.3, -0.25) is 0 Å². The molecule has 1 N–H and O–H groups in total. The highest BCUT2D eigenvalue weighted by Gasteiger charge is 2.16. The van der Waals surface area contributed by atoms with Crippen molar-refractivity contribution in [3.8, 4) is 5.88 Å². The minimum Gasteiger partial charge on any atom is -0.471 e. The van der Waals surface area contributed by atoms with E-state index in [4.69, 9.17) is 4.74 Å². The SMILES string of the molecule is c1snnc1OC1CCNC1. The maximum Gasteiger partial charge on any atom is 0.246 e. The zero-order chi connectivity index (χ0) is 7.52. The molecule has 0 aromatic carbocycles. The van der Waals surface area contributed by atoms with Gasteiger partial charge in [-0.05, 0) is 24.5 Å². The second-order valence-corrected chi connectivity index (χ2v) is 3.09. The first-order valence-corrected chi connectivity index (χ1v) is 4.43. The van der Waals surface area contributed by atoms with E-state index in [1.165, 1.54) is 11.5 Å². The van der Waals surface area contributed by atoms with Crippen molar-refractivity contribution in [2.24, 2.45) is 0 Å². The van der Waals surface area contributed by atoms with Crippen molar-refractivity contribution in [3.63, 3.8) is 0 Å². The van der Waals surface area contributed by atoms with E-state index in [2.05, 4.69) is 14.9 Å². The zero-order valence-electron chi connectivity index (χ0n) is 5.99. The van der Waals surface area contributed by atoms with Gasteiger partial charge in [0.05, 0.1) is 5.38 Å². The monoisotopic (exact) mass is 171 g/mol. The predicted molar refractivity (Wildman–Crippen MR) is 41.8 cm³/mol. The van der Waals surface area contributed by atoms with Crippen LogP contribution in [0, 0.1) is 0 Å². The molecule has 1 aliphatic heterocycles. The van der Waals surface area contributed by atoms with E-state index in [1.54, 1.807) is 0 Å². The molecular weight excluding hydrogens is 162 g/mol. The predicted octanol–water partition coefficient (Wildman–Crippen LogP) is 0.279. The first-order valence-electron chi connectivity index (χ1n) is 3.59. The van der Waals surface area contributed by atoms with Crippen LogP contribution in [0.4, 0.5) is 0 Å². The van der Waals surface area contributed by atoms with Crippen LogP contribution in [0.1, 0.15) is 6.42 Å². The third-order valence-corrected chi connectivity index (χ3v) is 2.13. The zero-order valence-corrected chi connectivity index (χ0v) is 6.80. The molecule has 2 rings (SSSR count). The Morgan fingerprint density at radius 2 is 2.73 bits per heavy atom. The van der Waals surface area contributed by atoms with Crippen LogP contribution in [0.15, 0.2) is 5.38 Å². The molecule has 5 heteroatoms. The van der Waals surface area contributed by atoms with Gasteiger partial charge in [0.2, 0.25) is 5.88 Å². The van der Waals surface area contributed by atoms with Crippen LogP contribution in [0.25, 0.3) is 0 Å². The van der Waals surface area contributed by atoms with Gasteiger partial charge in [-0.25, -0.2) is 0 Å². The number of hydrogen-bond acceptors (Lipinski definition) is 5. The molecule has 1 aromatic rings. The average Bonchev–Trinajstić information content (AvgIpc) is 2.60. The Morgan fingerprint density at radius 1 is 1.73 bits per heavy atom. The summed E-state index contributed by atoms with van der Waals surface area (Å²) in [6.45, 7) is 1.97. The standard InChI is InChI=1S/C6H9N3OS/c1-2-7-3-5(1)10-6-4-11-9-8-6/h4-5,7H,1-3H2. The highest BCUT2D eigenvalue weighted by molar-refractivity contribution is 7.03. The molecule has 0 aliphatic carbocycles. The molecule has 0 amide bonds. The second kappa shape index (κ2) is 3.15. The van der Waals surface area contributed by atoms with E-state index in [-0.39, 0.29) is 0 Å². The molecule has 1 fully saturated rings. The topological polar surface area (TPSA) is 47.0 Å². The molecule has 0 saturated carbocycles. The smallest absolute Gasteiger partial charge is 0.246 e. The Hall–Kier alpha value is -0.680. The summed E-state index contributed by atoms with van der Waals surface area (Å²) in [7, 11) is 0. The lowest BCUT2D eigenvalue weighted by atomic mass is 10.3. The van der Waals surface area contributed by atoms with Crippen LogP contribution >= 0.6 is 11.5 Å². The van der Waals surface area contributed by atoms with Gasteiger partial charge in [0.1, 0.15) is 6.10 Å². The maximum absolute atomic E-state index is 5.49. The van der Waals surface area contributed by atoms with Crippen molar-refractivity contribution in [2.75, 3.05) is 13.1 Å². The van der Waals surface area contributed by atoms with Crippen LogP contribution in [-0.2, 0) is 0 Å². The lowest BCUT2D eigenvalue weighted by Gasteiger charge is -2.07. The number of aromatic nitrogens is 2. The highest BCUT2D eigenvalue weighted by atomic mass is 32.1. The van der Waals surface area contributed by atoms with Crippen molar-refractivity contribution in [1.82, 2.24) is 14.9 Å². The minimum absolute atomic E-state index is 0.291. The number of ether oxygens (including phenoxy) is 1. The summed E-state index contributed by atoms with van der Waals surface area (Å²) >= 11 is 1.32. The quantitative estimate of drug-likeness (QED) is 0.694. The van der Waals surface area contributed by atoms with Crippen molar-refractivity contribution >= 4 is 11.5 Å². The van der Waals surface area contributed by atoms with E-state index >= 15 is 0 Å². The third-order valence-electron chi connectivity index (χ3n) is 1.64. The van der Waals surface area contributed by atoms with Gasteiger partial charge in [0.15, 0.2) is 0 Å². The Balaban J connectivity index is 1.90. The summed E-state index contributed by atoms with van der Waals surface area (Å²) in [4.78, 5) is 0. The molecule has 60 valence electrons. The molecule has 0 spiro atoms. The summed E-state index contributed by atoms with van der Waals surface area (Å²) in [5.74, 6) is 0.656. The average molecular weight is 171 g/mol. The van der Waals surface area contributed by atoms with Crippen molar-refractivity contribution in [2.45, 2.75) is 12.5 Å². The lowest BCUT2D eigenvalue weighted by molar-refractivity contribution is 0.214. The van der Waals surface area contributed by atoms with Gasteiger partial charge < -0.3 is 10.1 Å². The second-order valence-electron chi connectivity index (χ2n) is 2.48. The number of hydrogen-bond donors (Lipinski definition) is 1. The Morgan fingerprint density at radius 3 is 3.36 bits per heavy atom. The van der Waals surface area contributed by atoms with Gasteiger partial charge in [-0.2, -0.15) is 0 Å². The summed E-state index contributed by atoms with van der Waals surface area (Å²) in [5, 5.41) is 8.83. The molecule has 1 unspecified atom stereocenters. The molecule has 0 bridgehead atoms. The summed E-state index contributed by atoms with van der Waals surface area (Å²) in [6, 6.07) is 0. The first-order chi connectivity index (χ1) is 5.45. The molecule has 4 nitrogen and oxygen atoms in total. The van der Waals surface area contributed by atoms with Gasteiger partial charge in [0.25, 0.3) is 0 Å². The fourth-order valence-corrected chi connectivity index (χ4v) is 1.47. The van der Waals surface area contributed by atoms with E-state index in [1.807, 2.05) is 5.38 Å². The molecule has 1 atom stereocenters. The van der Waals surface area contributed by atoms with Gasteiger partial charge in [-0.1, -0.05) is 9.59 Å². The third kappa shape index (κ3) is 1.66. The highest BCUT2D eigenvalue weighted by Crippen LogP contribution is 2.12.